The second-order valence-corrected chi connectivity index (χ2v) is 13.4. The summed E-state index contributed by atoms with van der Waals surface area (Å²) in [6.45, 7) is 0. The molecular weight excluding hydrogens is 819 g/mol. The molecule has 251 valence electrons. The van der Waals surface area contributed by atoms with Crippen LogP contribution < -0.4 is 0 Å². The Labute approximate surface area is 322 Å². The Morgan fingerprint density at radius 3 is 1.60 bits per heavy atom. The van der Waals surface area contributed by atoms with Crippen LogP contribution >= 0.6 is 0 Å². The number of rotatable bonds is 5. The summed E-state index contributed by atoms with van der Waals surface area (Å²) in [4.78, 5) is 4.78. The molecule has 1 radical (unpaired) electrons. The molecule has 1 aromatic heterocycles. The molecule has 0 aliphatic heterocycles. The Morgan fingerprint density at radius 1 is 0.358 bits per heavy atom. The van der Waals surface area contributed by atoms with Gasteiger partial charge in [0.1, 0.15) is 0 Å². The molecule has 1 heterocycles. The van der Waals surface area contributed by atoms with E-state index < -0.39 is 0 Å². The Morgan fingerprint density at radius 2 is 0.868 bits per heavy atom. The van der Waals surface area contributed by atoms with Gasteiger partial charge in [-0.15, -0.1) is 35.4 Å². The summed E-state index contributed by atoms with van der Waals surface area (Å²) in [6, 6.07) is 71.5. The summed E-state index contributed by atoms with van der Waals surface area (Å²) in [5.41, 5.74) is 11.6. The number of hydrogen-bond donors (Lipinski definition) is 0. The molecule has 0 aliphatic rings. The van der Waals surface area contributed by atoms with Gasteiger partial charge in [-0.25, -0.2) is 0 Å². The topological polar surface area (TPSA) is 12.9 Å². The molecule has 0 saturated carbocycles. The average Bonchev–Trinajstić information content (AvgIpc) is 3.22. The van der Waals surface area contributed by atoms with Gasteiger partial charge >= 0.3 is 0 Å². The predicted octanol–water partition coefficient (Wildman–Crippen LogP) is 13.8. The maximum atomic E-state index is 4.78. The van der Waals surface area contributed by atoms with E-state index in [0.717, 1.165) is 27.8 Å². The van der Waals surface area contributed by atoms with E-state index in [4.69, 9.17) is 4.98 Å². The number of hydrogen-bond acceptors (Lipinski definition) is 1. The Bertz CT molecular complexity index is 2880. The van der Waals surface area contributed by atoms with Crippen molar-refractivity contribution < 1.29 is 20.1 Å². The Balaban J connectivity index is 0.00000372. The predicted molar refractivity (Wildman–Crippen MR) is 220 cm³/mol. The van der Waals surface area contributed by atoms with E-state index in [0.29, 0.717) is 0 Å². The first kappa shape index (κ1) is 32.7. The number of nitrogens with zero attached hydrogens (tertiary/aromatic N) is 1. The smallest absolute Gasteiger partial charge is 0.0167 e. The number of benzene rings is 9. The molecule has 10 aromatic rings. The summed E-state index contributed by atoms with van der Waals surface area (Å²) in [5.74, 6) is 0. The summed E-state index contributed by atoms with van der Waals surface area (Å²) in [5, 5.41) is 9.79. The summed E-state index contributed by atoms with van der Waals surface area (Å²) in [7, 11) is 0. The van der Waals surface area contributed by atoms with Crippen molar-refractivity contribution in [3.8, 4) is 55.8 Å². The molecule has 0 amide bonds. The first-order valence-electron chi connectivity index (χ1n) is 17.8. The minimum absolute atomic E-state index is 0. The standard InChI is InChI=1S/C51H32N.Ir/c1-4-21-41-34(12-1)15-9-24-45(41)48-27-11-26-47-43(28-29-49(50(47)48)46-25-10-16-35-13-2-5-22-42(35)46)39-19-7-17-37(32-39)38-18-8-20-40(33-38)51-44-23-6-3-14-36(44)30-31-52-51;/h1-19,21-33H;/q-1;. The third kappa shape index (κ3) is 5.74. The van der Waals surface area contributed by atoms with Gasteiger partial charge in [-0.05, 0) is 99.9 Å². The normalized spacial score (nSPS) is 11.2. The molecule has 0 atom stereocenters. The van der Waals surface area contributed by atoms with Crippen LogP contribution in [0.4, 0.5) is 0 Å². The van der Waals surface area contributed by atoms with Crippen molar-refractivity contribution in [1.82, 2.24) is 4.98 Å². The molecule has 0 N–H and O–H groups in total. The molecule has 9 aromatic carbocycles. The van der Waals surface area contributed by atoms with E-state index >= 15 is 0 Å². The fraction of sp³-hybridized carbons (Fsp3) is 0. The van der Waals surface area contributed by atoms with Crippen LogP contribution in [0.2, 0.25) is 0 Å². The van der Waals surface area contributed by atoms with E-state index in [-0.39, 0.29) is 20.1 Å². The Kier molecular flexibility index (Phi) is 8.48. The van der Waals surface area contributed by atoms with Crippen LogP contribution in [0, 0.1) is 6.07 Å². The van der Waals surface area contributed by atoms with E-state index in [9.17, 15) is 0 Å². The third-order valence-electron chi connectivity index (χ3n) is 10.4. The van der Waals surface area contributed by atoms with E-state index in [1.807, 2.05) is 12.3 Å². The average molecular weight is 851 g/mol. The zero-order valence-electron chi connectivity index (χ0n) is 28.8. The van der Waals surface area contributed by atoms with E-state index in [1.54, 1.807) is 0 Å². The maximum Gasteiger partial charge on any atom is 0.0167 e. The van der Waals surface area contributed by atoms with Gasteiger partial charge in [-0.3, -0.25) is 0 Å². The molecule has 1 nitrogen and oxygen atoms in total. The monoisotopic (exact) mass is 851 g/mol. The van der Waals surface area contributed by atoms with Crippen molar-refractivity contribution in [3.05, 3.63) is 200 Å². The van der Waals surface area contributed by atoms with Gasteiger partial charge in [0.2, 0.25) is 0 Å². The van der Waals surface area contributed by atoms with Gasteiger partial charge < -0.3 is 4.98 Å². The zero-order chi connectivity index (χ0) is 34.4. The summed E-state index contributed by atoms with van der Waals surface area (Å²) in [6.07, 6.45) is 1.89. The van der Waals surface area contributed by atoms with Gasteiger partial charge in [0.25, 0.3) is 0 Å². The molecule has 10 rings (SSSR count). The minimum atomic E-state index is 0. The number of fused-ring (bicyclic) bond motifs is 4. The van der Waals surface area contributed by atoms with Crippen LogP contribution in [0.15, 0.2) is 194 Å². The minimum Gasteiger partial charge on any atom is -0.304 e. The molecule has 0 spiro atoms. The summed E-state index contributed by atoms with van der Waals surface area (Å²) < 4.78 is 0. The summed E-state index contributed by atoms with van der Waals surface area (Å²) >= 11 is 0. The first-order chi connectivity index (χ1) is 25.8. The van der Waals surface area contributed by atoms with Crippen molar-refractivity contribution in [2.24, 2.45) is 0 Å². The van der Waals surface area contributed by atoms with Crippen molar-refractivity contribution in [1.29, 1.82) is 0 Å². The molecule has 0 fully saturated rings. The van der Waals surface area contributed by atoms with Crippen LogP contribution in [0.3, 0.4) is 0 Å². The van der Waals surface area contributed by atoms with Crippen molar-refractivity contribution >= 4 is 43.1 Å². The van der Waals surface area contributed by atoms with E-state index in [2.05, 4.69) is 188 Å². The van der Waals surface area contributed by atoms with Gasteiger partial charge in [0.05, 0.1) is 0 Å². The maximum absolute atomic E-state index is 4.78. The van der Waals surface area contributed by atoms with Crippen molar-refractivity contribution in [3.63, 3.8) is 0 Å². The fourth-order valence-electron chi connectivity index (χ4n) is 8.01. The van der Waals surface area contributed by atoms with Crippen LogP contribution in [0.1, 0.15) is 0 Å². The molecule has 0 aliphatic carbocycles. The molecule has 2 heteroatoms. The fourth-order valence-corrected chi connectivity index (χ4v) is 8.01. The van der Waals surface area contributed by atoms with Crippen LogP contribution in [-0.2, 0) is 20.1 Å². The van der Waals surface area contributed by atoms with Crippen LogP contribution in [0.5, 0.6) is 0 Å². The van der Waals surface area contributed by atoms with Crippen LogP contribution in [0.25, 0.3) is 98.9 Å². The van der Waals surface area contributed by atoms with Gasteiger partial charge in [0, 0.05) is 26.3 Å². The quantitative estimate of drug-likeness (QED) is 0.157. The van der Waals surface area contributed by atoms with Crippen molar-refractivity contribution in [2.45, 2.75) is 0 Å². The second kappa shape index (κ2) is 13.7. The van der Waals surface area contributed by atoms with Crippen LogP contribution in [-0.4, -0.2) is 4.98 Å². The first-order valence-corrected chi connectivity index (χ1v) is 17.8. The van der Waals surface area contributed by atoms with E-state index in [1.165, 1.54) is 71.1 Å². The Hall–Kier alpha value is -6.18. The largest absolute Gasteiger partial charge is 0.304 e. The molecule has 53 heavy (non-hydrogen) atoms. The number of aromatic nitrogens is 1. The van der Waals surface area contributed by atoms with Gasteiger partial charge in [-0.1, -0.05) is 158 Å². The molecular formula is C51H32IrN-. The van der Waals surface area contributed by atoms with Crippen molar-refractivity contribution in [2.75, 3.05) is 0 Å². The van der Waals surface area contributed by atoms with Gasteiger partial charge in [0.15, 0.2) is 0 Å². The molecule has 0 bridgehead atoms. The molecule has 0 saturated heterocycles. The third-order valence-corrected chi connectivity index (χ3v) is 10.4. The number of pyridine rings is 1. The SMILES string of the molecule is [Ir].[c-]1ccc(-c2cccc(-c3ccc(-c4cccc5ccccc45)c4c(-c5cccc6ccccc56)cccc34)c2)cc1-c1nccc2ccccc12. The zero-order valence-corrected chi connectivity index (χ0v) is 31.2. The molecule has 0 unspecified atom stereocenters. The second-order valence-electron chi connectivity index (χ2n) is 13.4. The van der Waals surface area contributed by atoms with Gasteiger partial charge in [-0.2, -0.15) is 0 Å².